The molecule has 5 nitrogen and oxygen atoms in total. The van der Waals surface area contributed by atoms with Gasteiger partial charge in [0.1, 0.15) is 11.9 Å². The van der Waals surface area contributed by atoms with Crippen molar-refractivity contribution in [1.82, 2.24) is 9.55 Å². The highest BCUT2D eigenvalue weighted by atomic mass is 35.7. The minimum Gasteiger partial charge on any atom is -0.320 e. The molecule has 13 heavy (non-hydrogen) atoms. The topological polar surface area (TPSA) is 75.8 Å². The summed E-state index contributed by atoms with van der Waals surface area (Å²) in [7, 11) is 2.70. The maximum atomic E-state index is 11.0. The lowest BCUT2D eigenvalue weighted by Crippen LogP contribution is -2.02. The van der Waals surface area contributed by atoms with Crippen LogP contribution in [0.4, 0.5) is 0 Å². The summed E-state index contributed by atoms with van der Waals surface area (Å²) in [6, 6.07) is 1.67. The molecule has 1 rings (SSSR count). The zero-order chi connectivity index (χ0) is 10.2. The van der Waals surface area contributed by atoms with Gasteiger partial charge in [-0.2, -0.15) is 5.26 Å². The first-order valence-electron chi connectivity index (χ1n) is 3.26. The average molecular weight is 220 g/mol. The van der Waals surface area contributed by atoms with Gasteiger partial charge in [-0.05, 0) is 6.92 Å². The van der Waals surface area contributed by atoms with E-state index < -0.39 is 9.05 Å². The van der Waals surface area contributed by atoms with Gasteiger partial charge in [0.2, 0.25) is 0 Å². The predicted molar refractivity (Wildman–Crippen MR) is 45.7 cm³/mol. The third-order valence-corrected chi connectivity index (χ3v) is 2.97. The minimum atomic E-state index is -3.91. The molecule has 1 aromatic heterocycles. The van der Waals surface area contributed by atoms with Crippen LogP contribution in [0.2, 0.25) is 0 Å². The Morgan fingerprint density at radius 2 is 2.15 bits per heavy atom. The summed E-state index contributed by atoms with van der Waals surface area (Å²) in [6.07, 6.45) is 0. The molecule has 0 saturated carbocycles. The van der Waals surface area contributed by atoms with E-state index in [4.69, 9.17) is 15.9 Å². The predicted octanol–water partition coefficient (Wildman–Crippen LogP) is 0.528. The van der Waals surface area contributed by atoms with E-state index >= 15 is 0 Å². The van der Waals surface area contributed by atoms with Gasteiger partial charge in [0.05, 0.1) is 0 Å². The summed E-state index contributed by atoms with van der Waals surface area (Å²) in [5.74, 6) is 0.427. The standard InChI is InChI=1S/C6H6ClN3O2S/c1-4-9-5(3-8)6(10(4)2)13(7,11)12/h1-2H3. The first kappa shape index (κ1) is 10.0. The van der Waals surface area contributed by atoms with E-state index in [0.717, 1.165) is 0 Å². The maximum absolute atomic E-state index is 11.0. The molecule has 0 unspecified atom stereocenters. The van der Waals surface area contributed by atoms with Crippen molar-refractivity contribution in [3.63, 3.8) is 0 Å². The first-order valence-corrected chi connectivity index (χ1v) is 5.57. The van der Waals surface area contributed by atoms with Gasteiger partial charge in [-0.3, -0.25) is 0 Å². The molecular weight excluding hydrogens is 214 g/mol. The molecule has 70 valence electrons. The second-order valence-corrected chi connectivity index (χ2v) is 4.90. The molecule has 0 aliphatic rings. The van der Waals surface area contributed by atoms with Crippen LogP contribution in [0.1, 0.15) is 11.5 Å². The lowest BCUT2D eigenvalue weighted by Gasteiger charge is -1.98. The van der Waals surface area contributed by atoms with Gasteiger partial charge in [-0.15, -0.1) is 0 Å². The van der Waals surface area contributed by atoms with Crippen LogP contribution in [0.3, 0.4) is 0 Å². The van der Waals surface area contributed by atoms with E-state index in [1.807, 2.05) is 0 Å². The van der Waals surface area contributed by atoms with Crippen molar-refractivity contribution >= 4 is 19.7 Å². The summed E-state index contributed by atoms with van der Waals surface area (Å²) < 4.78 is 23.3. The molecule has 0 aliphatic carbocycles. The second kappa shape index (κ2) is 3.01. The van der Waals surface area contributed by atoms with Crippen LogP contribution < -0.4 is 0 Å². The van der Waals surface area contributed by atoms with Gasteiger partial charge in [0, 0.05) is 17.7 Å². The molecule has 0 aliphatic heterocycles. The summed E-state index contributed by atoms with van der Waals surface area (Å²) in [5.41, 5.74) is -0.171. The molecule has 0 spiro atoms. The van der Waals surface area contributed by atoms with Crippen LogP contribution in [0.5, 0.6) is 0 Å². The normalized spacial score (nSPS) is 11.2. The molecule has 0 saturated heterocycles. The van der Waals surface area contributed by atoms with Crippen LogP contribution in [-0.4, -0.2) is 18.0 Å². The van der Waals surface area contributed by atoms with Gasteiger partial charge in [-0.25, -0.2) is 13.4 Å². The second-order valence-electron chi connectivity index (χ2n) is 2.42. The quantitative estimate of drug-likeness (QED) is 0.646. The molecule has 0 bridgehead atoms. The van der Waals surface area contributed by atoms with Gasteiger partial charge < -0.3 is 4.57 Å². The average Bonchev–Trinajstić information content (AvgIpc) is 2.26. The van der Waals surface area contributed by atoms with E-state index in [1.54, 1.807) is 13.0 Å². The number of aryl methyl sites for hydroxylation is 1. The van der Waals surface area contributed by atoms with Crippen molar-refractivity contribution in [3.8, 4) is 6.07 Å². The highest BCUT2D eigenvalue weighted by Gasteiger charge is 2.22. The Balaban J connectivity index is 3.63. The minimum absolute atomic E-state index is 0.171. The molecule has 0 radical (unpaired) electrons. The molecular formula is C6H6ClN3O2S. The van der Waals surface area contributed by atoms with E-state index in [2.05, 4.69) is 4.98 Å². The Bertz CT molecular complexity index is 483. The molecule has 1 aromatic rings. The van der Waals surface area contributed by atoms with Crippen LogP contribution in [0.15, 0.2) is 5.03 Å². The number of hydrogen-bond donors (Lipinski definition) is 0. The largest absolute Gasteiger partial charge is 0.320 e. The third-order valence-electron chi connectivity index (χ3n) is 1.60. The van der Waals surface area contributed by atoms with Crippen molar-refractivity contribution in [3.05, 3.63) is 11.5 Å². The molecule has 0 aromatic carbocycles. The number of halogens is 1. The Hall–Kier alpha value is -1.06. The van der Waals surface area contributed by atoms with Gasteiger partial charge in [-0.1, -0.05) is 0 Å². The van der Waals surface area contributed by atoms with Crippen molar-refractivity contribution in [2.75, 3.05) is 0 Å². The Kier molecular flexibility index (Phi) is 2.32. The molecule has 0 N–H and O–H groups in total. The summed E-state index contributed by atoms with van der Waals surface area (Å²) in [5, 5.41) is 8.32. The SMILES string of the molecule is Cc1nc(C#N)c(S(=O)(=O)Cl)n1C. The number of nitrogens with zero attached hydrogens (tertiary/aromatic N) is 3. The van der Waals surface area contributed by atoms with E-state index in [0.29, 0.717) is 5.82 Å². The van der Waals surface area contributed by atoms with Crippen LogP contribution >= 0.6 is 10.7 Å². The van der Waals surface area contributed by atoms with E-state index in [1.165, 1.54) is 11.6 Å². The van der Waals surface area contributed by atoms with E-state index in [9.17, 15) is 8.42 Å². The smallest absolute Gasteiger partial charge is 0.279 e. The van der Waals surface area contributed by atoms with Crippen molar-refractivity contribution in [1.29, 1.82) is 5.26 Å². The number of aromatic nitrogens is 2. The fourth-order valence-electron chi connectivity index (χ4n) is 0.942. The van der Waals surface area contributed by atoms with Crippen molar-refractivity contribution in [2.45, 2.75) is 11.9 Å². The Morgan fingerprint density at radius 3 is 2.46 bits per heavy atom. The molecule has 0 atom stereocenters. The zero-order valence-corrected chi connectivity index (χ0v) is 8.52. The van der Waals surface area contributed by atoms with Gasteiger partial charge >= 0.3 is 0 Å². The molecule has 0 fully saturated rings. The van der Waals surface area contributed by atoms with Crippen molar-refractivity contribution < 1.29 is 8.42 Å². The van der Waals surface area contributed by atoms with Gasteiger partial charge in [0.25, 0.3) is 9.05 Å². The molecule has 0 amide bonds. The van der Waals surface area contributed by atoms with Crippen LogP contribution in [-0.2, 0) is 16.1 Å². The highest BCUT2D eigenvalue weighted by molar-refractivity contribution is 8.13. The summed E-state index contributed by atoms with van der Waals surface area (Å²) in [6.45, 7) is 1.59. The lowest BCUT2D eigenvalue weighted by atomic mass is 10.5. The monoisotopic (exact) mass is 219 g/mol. The summed E-state index contributed by atoms with van der Waals surface area (Å²) >= 11 is 0. The fourth-order valence-corrected chi connectivity index (χ4v) is 2.25. The van der Waals surface area contributed by atoms with Crippen LogP contribution in [0.25, 0.3) is 0 Å². The highest BCUT2D eigenvalue weighted by Crippen LogP contribution is 2.19. The number of hydrogen-bond acceptors (Lipinski definition) is 4. The molecule has 7 heteroatoms. The Morgan fingerprint density at radius 1 is 1.62 bits per heavy atom. The number of nitriles is 1. The first-order chi connectivity index (χ1) is 5.88. The zero-order valence-electron chi connectivity index (χ0n) is 6.94. The molecule has 1 heterocycles. The van der Waals surface area contributed by atoms with E-state index in [-0.39, 0.29) is 10.7 Å². The maximum Gasteiger partial charge on any atom is 0.279 e. The van der Waals surface area contributed by atoms with Crippen molar-refractivity contribution in [2.24, 2.45) is 7.05 Å². The number of imidazole rings is 1. The lowest BCUT2D eigenvalue weighted by molar-refractivity contribution is 0.598. The fraction of sp³-hybridized carbons (Fsp3) is 0.333. The summed E-state index contributed by atoms with van der Waals surface area (Å²) in [4.78, 5) is 3.73. The Labute approximate surface area is 80.0 Å². The van der Waals surface area contributed by atoms with Gasteiger partial charge in [0.15, 0.2) is 10.7 Å². The number of rotatable bonds is 1. The third kappa shape index (κ3) is 1.66. The van der Waals surface area contributed by atoms with Crippen LogP contribution in [0, 0.1) is 18.3 Å².